The molecule has 1 aliphatic heterocycles. The van der Waals surface area contributed by atoms with Gasteiger partial charge in [-0.15, -0.1) is 0 Å². The molecular weight excluding hydrogens is 431 g/mol. The van der Waals surface area contributed by atoms with Crippen molar-refractivity contribution >= 4 is 54.4 Å². The Morgan fingerprint density at radius 3 is 2.81 bits per heavy atom. The number of ether oxygens (including phenoxy) is 1. The van der Waals surface area contributed by atoms with Gasteiger partial charge >= 0.3 is 11.6 Å². The van der Waals surface area contributed by atoms with Gasteiger partial charge < -0.3 is 14.1 Å². The normalized spacial score (nSPS) is 14.2. The molecule has 5 aromatic rings. The molecule has 3 aromatic carbocycles. The van der Waals surface area contributed by atoms with Crippen molar-refractivity contribution in [1.82, 2.24) is 4.98 Å². The van der Waals surface area contributed by atoms with Crippen molar-refractivity contribution in [2.45, 2.75) is 6.10 Å². The minimum absolute atomic E-state index is 0.122. The van der Waals surface area contributed by atoms with Crippen LogP contribution in [0, 0.1) is 5.82 Å². The summed E-state index contributed by atoms with van der Waals surface area (Å²) in [6.07, 6.45) is -0.367. The van der Waals surface area contributed by atoms with E-state index in [-0.39, 0.29) is 17.5 Å². The van der Waals surface area contributed by atoms with Gasteiger partial charge in [0.1, 0.15) is 23.1 Å². The van der Waals surface area contributed by atoms with E-state index in [0.717, 1.165) is 26.1 Å². The first-order valence-electron chi connectivity index (χ1n) is 10.0. The summed E-state index contributed by atoms with van der Waals surface area (Å²) >= 11 is 1.39. The second kappa shape index (κ2) is 7.13. The molecule has 0 unspecified atom stereocenters. The predicted molar refractivity (Wildman–Crippen MR) is 121 cm³/mol. The second-order valence-corrected chi connectivity index (χ2v) is 8.70. The molecule has 0 N–H and O–H groups in total. The van der Waals surface area contributed by atoms with Gasteiger partial charge in [0.25, 0.3) is 0 Å². The van der Waals surface area contributed by atoms with E-state index in [4.69, 9.17) is 9.15 Å². The van der Waals surface area contributed by atoms with Crippen LogP contribution in [-0.4, -0.2) is 30.1 Å². The largest absolute Gasteiger partial charge is 0.455 e. The summed E-state index contributed by atoms with van der Waals surface area (Å²) in [5, 5.41) is 3.31. The Labute approximate surface area is 184 Å². The van der Waals surface area contributed by atoms with Crippen molar-refractivity contribution in [2.24, 2.45) is 0 Å². The molecular formula is C24H15FN2O4S. The first-order valence-corrected chi connectivity index (χ1v) is 10.8. The van der Waals surface area contributed by atoms with E-state index in [0.29, 0.717) is 24.1 Å². The van der Waals surface area contributed by atoms with E-state index in [9.17, 15) is 14.0 Å². The van der Waals surface area contributed by atoms with Crippen LogP contribution in [0.2, 0.25) is 0 Å². The lowest BCUT2D eigenvalue weighted by molar-refractivity contribution is 0.0230. The lowest BCUT2D eigenvalue weighted by atomic mass is 10.0. The molecule has 1 saturated heterocycles. The van der Waals surface area contributed by atoms with Gasteiger partial charge in [0.05, 0.1) is 23.3 Å². The molecule has 1 fully saturated rings. The molecule has 3 heterocycles. The third kappa shape index (κ3) is 3.11. The van der Waals surface area contributed by atoms with Crippen molar-refractivity contribution in [2.75, 3.05) is 18.0 Å². The summed E-state index contributed by atoms with van der Waals surface area (Å²) in [5.74, 6) is -1.00. The summed E-state index contributed by atoms with van der Waals surface area (Å²) in [5.41, 5.74) is 0.310. The highest BCUT2D eigenvalue weighted by Gasteiger charge is 2.33. The fourth-order valence-electron chi connectivity index (χ4n) is 3.92. The van der Waals surface area contributed by atoms with Crippen LogP contribution in [-0.2, 0) is 4.74 Å². The van der Waals surface area contributed by atoms with Crippen molar-refractivity contribution in [1.29, 1.82) is 0 Å². The maximum atomic E-state index is 13.4. The number of thiazole rings is 1. The first kappa shape index (κ1) is 18.9. The van der Waals surface area contributed by atoms with Crippen molar-refractivity contribution in [3.8, 4) is 0 Å². The second-order valence-electron chi connectivity index (χ2n) is 7.69. The molecule has 0 atom stereocenters. The van der Waals surface area contributed by atoms with Gasteiger partial charge in [-0.3, -0.25) is 0 Å². The Morgan fingerprint density at radius 1 is 1.09 bits per heavy atom. The van der Waals surface area contributed by atoms with Crippen LogP contribution in [0.5, 0.6) is 0 Å². The van der Waals surface area contributed by atoms with Crippen LogP contribution < -0.4 is 10.5 Å². The number of carbonyl (C=O) groups is 1. The number of carbonyl (C=O) groups excluding carboxylic acids is 1. The Kier molecular flexibility index (Phi) is 4.22. The van der Waals surface area contributed by atoms with E-state index in [1.54, 1.807) is 18.2 Å². The van der Waals surface area contributed by atoms with Gasteiger partial charge in [0, 0.05) is 5.39 Å². The summed E-state index contributed by atoms with van der Waals surface area (Å²) < 4.78 is 25.1. The first-order chi connectivity index (χ1) is 15.5. The molecule has 6 nitrogen and oxygen atoms in total. The maximum Gasteiger partial charge on any atom is 0.351 e. The molecule has 0 aliphatic carbocycles. The topological polar surface area (TPSA) is 72.6 Å². The standard InChI is InChI=1S/C24H15FN2O4S/c25-14-6-7-19-21(9-14)32-24(26-19)27-11-15(12-27)30-22(28)18-10-17-16-4-2-1-3-13(16)5-8-20(17)31-23(18)29/h1-10,15H,11-12H2. The van der Waals surface area contributed by atoms with Gasteiger partial charge in [-0.05, 0) is 41.1 Å². The zero-order chi connectivity index (χ0) is 21.8. The fourth-order valence-corrected chi connectivity index (χ4v) is 4.93. The van der Waals surface area contributed by atoms with Crippen LogP contribution in [0.15, 0.2) is 69.9 Å². The number of nitrogens with zero attached hydrogens (tertiary/aromatic N) is 2. The van der Waals surface area contributed by atoms with Crippen LogP contribution in [0.25, 0.3) is 32.0 Å². The SMILES string of the molecule is O=C(OC1CN(c2nc3ccc(F)cc3s2)C1)c1cc2c(ccc3ccccc32)oc1=O. The Bertz CT molecular complexity index is 1590. The number of aromatic nitrogens is 1. The van der Waals surface area contributed by atoms with E-state index in [1.807, 2.05) is 35.2 Å². The molecule has 158 valence electrons. The molecule has 32 heavy (non-hydrogen) atoms. The number of benzene rings is 3. The quantitative estimate of drug-likeness (QED) is 0.226. The van der Waals surface area contributed by atoms with E-state index >= 15 is 0 Å². The molecule has 6 rings (SSSR count). The van der Waals surface area contributed by atoms with Crippen molar-refractivity contribution in [3.05, 3.63) is 82.5 Å². The average molecular weight is 446 g/mol. The van der Waals surface area contributed by atoms with Gasteiger partial charge in [-0.25, -0.2) is 19.0 Å². The van der Waals surface area contributed by atoms with Crippen LogP contribution in [0.1, 0.15) is 10.4 Å². The van der Waals surface area contributed by atoms with Gasteiger partial charge in [-0.1, -0.05) is 41.7 Å². The molecule has 2 aromatic heterocycles. The minimum atomic E-state index is -0.720. The monoisotopic (exact) mass is 446 g/mol. The number of hydrogen-bond acceptors (Lipinski definition) is 7. The molecule has 0 bridgehead atoms. The van der Waals surface area contributed by atoms with Gasteiger partial charge in [0.2, 0.25) is 0 Å². The van der Waals surface area contributed by atoms with Crippen LogP contribution in [0.3, 0.4) is 0 Å². The highest BCUT2D eigenvalue weighted by molar-refractivity contribution is 7.22. The number of anilines is 1. The van der Waals surface area contributed by atoms with Gasteiger partial charge in [0.15, 0.2) is 5.13 Å². The number of esters is 1. The van der Waals surface area contributed by atoms with Crippen molar-refractivity contribution in [3.63, 3.8) is 0 Å². The molecule has 0 radical (unpaired) electrons. The molecule has 0 amide bonds. The Morgan fingerprint density at radius 2 is 1.94 bits per heavy atom. The zero-order valence-corrected chi connectivity index (χ0v) is 17.4. The minimum Gasteiger partial charge on any atom is -0.455 e. The number of rotatable bonds is 3. The summed E-state index contributed by atoms with van der Waals surface area (Å²) in [6, 6.07) is 17.3. The lowest BCUT2D eigenvalue weighted by Crippen LogP contribution is -2.53. The van der Waals surface area contributed by atoms with E-state index in [2.05, 4.69) is 4.98 Å². The molecule has 0 saturated carbocycles. The van der Waals surface area contributed by atoms with E-state index < -0.39 is 11.6 Å². The molecule has 0 spiro atoms. The van der Waals surface area contributed by atoms with E-state index in [1.165, 1.54) is 23.5 Å². The van der Waals surface area contributed by atoms with Gasteiger partial charge in [-0.2, -0.15) is 0 Å². The third-order valence-electron chi connectivity index (χ3n) is 5.59. The highest BCUT2D eigenvalue weighted by atomic mass is 32.1. The lowest BCUT2D eigenvalue weighted by Gasteiger charge is -2.38. The fraction of sp³-hybridized carbons (Fsp3) is 0.125. The number of fused-ring (bicyclic) bond motifs is 4. The Hall–Kier alpha value is -3.78. The third-order valence-corrected chi connectivity index (χ3v) is 6.67. The van der Waals surface area contributed by atoms with Crippen LogP contribution in [0.4, 0.5) is 9.52 Å². The van der Waals surface area contributed by atoms with Crippen molar-refractivity contribution < 1.29 is 18.3 Å². The highest BCUT2D eigenvalue weighted by Crippen LogP contribution is 2.32. The summed E-state index contributed by atoms with van der Waals surface area (Å²) in [7, 11) is 0. The number of halogens is 1. The van der Waals surface area contributed by atoms with Crippen LogP contribution >= 0.6 is 11.3 Å². The molecule has 1 aliphatic rings. The zero-order valence-electron chi connectivity index (χ0n) is 16.6. The smallest absolute Gasteiger partial charge is 0.351 e. The summed E-state index contributed by atoms with van der Waals surface area (Å²) in [4.78, 5) is 31.6. The Balaban J connectivity index is 1.22. The summed E-state index contributed by atoms with van der Waals surface area (Å²) in [6.45, 7) is 0.909. The number of hydrogen-bond donors (Lipinski definition) is 0. The maximum absolute atomic E-state index is 13.4. The average Bonchev–Trinajstić information content (AvgIpc) is 3.17. The molecule has 8 heteroatoms. The predicted octanol–water partition coefficient (Wildman–Crippen LogP) is 4.74.